The summed E-state index contributed by atoms with van der Waals surface area (Å²) in [7, 11) is 1.63. The van der Waals surface area contributed by atoms with Crippen molar-refractivity contribution in [1.29, 1.82) is 0 Å². The number of hydrogen-bond donors (Lipinski definition) is 1. The third-order valence-electron chi connectivity index (χ3n) is 3.31. The zero-order valence-corrected chi connectivity index (χ0v) is 13.7. The number of ether oxygens (including phenoxy) is 1. The van der Waals surface area contributed by atoms with Crippen molar-refractivity contribution in [3.63, 3.8) is 0 Å². The molecule has 0 atom stereocenters. The van der Waals surface area contributed by atoms with Crippen LogP contribution in [0.15, 0.2) is 23.0 Å². The van der Waals surface area contributed by atoms with Crippen LogP contribution in [0.3, 0.4) is 0 Å². The summed E-state index contributed by atoms with van der Waals surface area (Å²) in [5.74, 6) is 2.75. The van der Waals surface area contributed by atoms with Crippen molar-refractivity contribution >= 4 is 11.6 Å². The van der Waals surface area contributed by atoms with Crippen molar-refractivity contribution < 1.29 is 9.15 Å². The number of rotatable bonds is 5. The highest BCUT2D eigenvalue weighted by Crippen LogP contribution is 2.23. The second-order valence-electron chi connectivity index (χ2n) is 6.26. The van der Waals surface area contributed by atoms with Crippen LogP contribution in [0.4, 0.5) is 5.82 Å². The molecule has 0 aliphatic carbocycles. The first kappa shape index (κ1) is 15.4. The van der Waals surface area contributed by atoms with Gasteiger partial charge in [0.1, 0.15) is 17.9 Å². The first-order chi connectivity index (χ1) is 11.0. The van der Waals surface area contributed by atoms with E-state index in [-0.39, 0.29) is 5.41 Å². The van der Waals surface area contributed by atoms with Gasteiger partial charge in [0.2, 0.25) is 5.89 Å². The minimum absolute atomic E-state index is 0.0628. The zero-order valence-electron chi connectivity index (χ0n) is 13.7. The van der Waals surface area contributed by atoms with Crippen molar-refractivity contribution in [2.75, 3.05) is 12.4 Å². The second-order valence-corrected chi connectivity index (χ2v) is 6.26. The Morgan fingerprint density at radius 1 is 1.30 bits per heavy atom. The second kappa shape index (κ2) is 5.96. The van der Waals surface area contributed by atoms with Crippen LogP contribution in [0, 0.1) is 0 Å². The molecule has 0 saturated heterocycles. The van der Waals surface area contributed by atoms with E-state index in [0.717, 1.165) is 17.3 Å². The first-order valence-electron chi connectivity index (χ1n) is 7.35. The number of methoxy groups -OCH3 is 1. The molecule has 0 aliphatic heterocycles. The lowest BCUT2D eigenvalue weighted by Gasteiger charge is -2.13. The van der Waals surface area contributed by atoms with Crippen LogP contribution in [0.25, 0.3) is 5.78 Å². The number of anilines is 1. The van der Waals surface area contributed by atoms with Gasteiger partial charge in [-0.3, -0.25) is 0 Å². The molecule has 23 heavy (non-hydrogen) atoms. The van der Waals surface area contributed by atoms with Crippen molar-refractivity contribution in [2.45, 2.75) is 39.3 Å². The molecule has 8 nitrogen and oxygen atoms in total. The van der Waals surface area contributed by atoms with E-state index in [1.165, 1.54) is 6.33 Å². The molecule has 0 fully saturated rings. The van der Waals surface area contributed by atoms with Gasteiger partial charge in [-0.1, -0.05) is 20.8 Å². The van der Waals surface area contributed by atoms with Gasteiger partial charge in [-0.2, -0.15) is 14.6 Å². The Morgan fingerprint density at radius 2 is 2.13 bits per heavy atom. The Morgan fingerprint density at radius 3 is 2.83 bits per heavy atom. The van der Waals surface area contributed by atoms with E-state index in [0.29, 0.717) is 24.8 Å². The molecule has 3 aromatic heterocycles. The van der Waals surface area contributed by atoms with Gasteiger partial charge >= 0.3 is 0 Å². The molecule has 0 bridgehead atoms. The molecule has 3 aromatic rings. The van der Waals surface area contributed by atoms with Gasteiger partial charge in [-0.05, 0) is 0 Å². The van der Waals surface area contributed by atoms with Crippen LogP contribution in [0.5, 0.6) is 0 Å². The monoisotopic (exact) mass is 316 g/mol. The van der Waals surface area contributed by atoms with Crippen molar-refractivity contribution in [3.05, 3.63) is 35.9 Å². The molecule has 0 saturated carbocycles. The number of hydrogen-bond acceptors (Lipinski definition) is 7. The molecule has 0 spiro atoms. The summed E-state index contributed by atoms with van der Waals surface area (Å²) < 4.78 is 12.5. The molecule has 3 heterocycles. The minimum Gasteiger partial charge on any atom is -0.443 e. The molecule has 0 amide bonds. The van der Waals surface area contributed by atoms with Crippen LogP contribution in [-0.2, 0) is 23.3 Å². The van der Waals surface area contributed by atoms with Crippen molar-refractivity contribution in [2.24, 2.45) is 0 Å². The van der Waals surface area contributed by atoms with E-state index in [9.17, 15) is 0 Å². The van der Waals surface area contributed by atoms with Gasteiger partial charge in [0.15, 0.2) is 0 Å². The zero-order chi connectivity index (χ0) is 16.4. The lowest BCUT2D eigenvalue weighted by atomic mass is 9.94. The molecular weight excluding hydrogens is 296 g/mol. The van der Waals surface area contributed by atoms with Gasteiger partial charge in [-0.15, -0.1) is 0 Å². The lowest BCUT2D eigenvalue weighted by molar-refractivity contribution is 0.181. The smallest absolute Gasteiger partial charge is 0.254 e. The van der Waals surface area contributed by atoms with E-state index in [2.05, 4.69) is 46.1 Å². The molecular formula is C15H20N6O2. The van der Waals surface area contributed by atoms with E-state index >= 15 is 0 Å². The summed E-state index contributed by atoms with van der Waals surface area (Å²) in [6.45, 7) is 7.11. The molecule has 0 unspecified atom stereocenters. The Labute approximate surface area is 133 Å². The minimum atomic E-state index is -0.0628. The quantitative estimate of drug-likeness (QED) is 0.771. The van der Waals surface area contributed by atoms with Gasteiger partial charge in [-0.25, -0.2) is 9.97 Å². The summed E-state index contributed by atoms with van der Waals surface area (Å²) >= 11 is 0. The average Bonchev–Trinajstić information content (AvgIpc) is 3.13. The summed E-state index contributed by atoms with van der Waals surface area (Å²) in [6.07, 6.45) is 3.23. The molecule has 0 aliphatic rings. The maximum Gasteiger partial charge on any atom is 0.254 e. The number of nitrogens with one attached hydrogen (secondary N) is 1. The lowest BCUT2D eigenvalue weighted by Crippen LogP contribution is -2.10. The largest absolute Gasteiger partial charge is 0.443 e. The normalized spacial score (nSPS) is 12.0. The number of oxazole rings is 1. The number of aromatic nitrogens is 5. The van der Waals surface area contributed by atoms with E-state index in [4.69, 9.17) is 9.15 Å². The summed E-state index contributed by atoms with van der Waals surface area (Å²) in [6, 6.07) is 1.87. The first-order valence-corrected chi connectivity index (χ1v) is 7.35. The standard InChI is InChI=1S/C15H20N6O2/c1-15(2,3)11-6-17-13(23-11)7-16-12-5-10(8-22-4)20-14-18-9-19-21(12)14/h5-6,9,16H,7-8H2,1-4H3. The highest BCUT2D eigenvalue weighted by molar-refractivity contribution is 5.44. The van der Waals surface area contributed by atoms with Crippen LogP contribution in [0.1, 0.15) is 38.1 Å². The number of nitrogens with zero attached hydrogens (tertiary/aromatic N) is 5. The molecule has 122 valence electrons. The Balaban J connectivity index is 1.81. The summed E-state index contributed by atoms with van der Waals surface area (Å²) in [4.78, 5) is 12.8. The van der Waals surface area contributed by atoms with Crippen LogP contribution in [0.2, 0.25) is 0 Å². The molecule has 1 N–H and O–H groups in total. The van der Waals surface area contributed by atoms with Gasteiger partial charge < -0.3 is 14.5 Å². The fourth-order valence-electron chi connectivity index (χ4n) is 2.11. The predicted octanol–water partition coefficient (Wildman–Crippen LogP) is 2.17. The van der Waals surface area contributed by atoms with Crippen molar-refractivity contribution in [3.8, 4) is 0 Å². The molecule has 0 radical (unpaired) electrons. The molecule has 3 rings (SSSR count). The van der Waals surface area contributed by atoms with Gasteiger partial charge in [0.05, 0.1) is 25.0 Å². The third-order valence-corrected chi connectivity index (χ3v) is 3.31. The maximum absolute atomic E-state index is 5.78. The van der Waals surface area contributed by atoms with Gasteiger partial charge in [0.25, 0.3) is 5.78 Å². The molecule has 8 heteroatoms. The Bertz CT molecular complexity index is 802. The summed E-state index contributed by atoms with van der Waals surface area (Å²) in [5.41, 5.74) is 0.713. The fourth-order valence-corrected chi connectivity index (χ4v) is 2.11. The topological polar surface area (TPSA) is 90.4 Å². The average molecular weight is 316 g/mol. The SMILES string of the molecule is COCc1cc(NCc2ncc(C(C)(C)C)o2)n2ncnc2n1. The van der Waals surface area contributed by atoms with Gasteiger partial charge in [0, 0.05) is 18.6 Å². The third kappa shape index (κ3) is 3.31. The van der Waals surface area contributed by atoms with E-state index in [1.807, 2.05) is 6.07 Å². The Hall–Kier alpha value is -2.48. The molecule has 0 aromatic carbocycles. The fraction of sp³-hybridized carbons (Fsp3) is 0.467. The summed E-state index contributed by atoms with van der Waals surface area (Å²) in [5, 5.41) is 7.43. The Kier molecular flexibility index (Phi) is 3.99. The van der Waals surface area contributed by atoms with Crippen LogP contribution >= 0.6 is 0 Å². The van der Waals surface area contributed by atoms with E-state index in [1.54, 1.807) is 17.8 Å². The van der Waals surface area contributed by atoms with Crippen LogP contribution < -0.4 is 5.32 Å². The van der Waals surface area contributed by atoms with Crippen molar-refractivity contribution in [1.82, 2.24) is 24.6 Å². The highest BCUT2D eigenvalue weighted by Gasteiger charge is 2.19. The number of fused-ring (bicyclic) bond motifs is 1. The predicted molar refractivity (Wildman–Crippen MR) is 84.0 cm³/mol. The maximum atomic E-state index is 5.78. The van der Waals surface area contributed by atoms with Crippen LogP contribution in [-0.4, -0.2) is 31.7 Å². The highest BCUT2D eigenvalue weighted by atomic mass is 16.5. The van der Waals surface area contributed by atoms with E-state index < -0.39 is 0 Å².